The molecule has 11 N–H and O–H groups in total. The van der Waals surface area contributed by atoms with E-state index in [4.69, 9.17) is 15.6 Å². The van der Waals surface area contributed by atoms with Gasteiger partial charge in [0.1, 0.15) is 49.0 Å². The van der Waals surface area contributed by atoms with E-state index in [9.17, 15) is 57.4 Å². The first-order valence-corrected chi connectivity index (χ1v) is 26.1. The average molecular weight is 1130 g/mol. The molecule has 0 bridgehead atoms. The SMILES string of the molecule is CC(C)[C@H](NC(=O)[C@H](C)NC(=O)OCc1ccccc1)C(=O)N[C@@H](CC(N)=O)C(=O)N[C@@H](CCN(C(=O)CO)[C@@H](c1cc(-c2cc(F)ccc2F)cn1Cc1ccccc1)C(C)(C)C)C(=O)NCCNC(=O)CNC(=O)CCC(=O)O. The molecule has 0 aliphatic carbocycles. The quantitative estimate of drug-likeness (QED) is 0.0336. The van der Waals surface area contributed by atoms with Crippen LogP contribution in [0.3, 0.4) is 0 Å². The average Bonchev–Trinajstić information content (AvgIpc) is 4.05. The number of aliphatic hydroxyl groups is 1. The molecule has 81 heavy (non-hydrogen) atoms. The van der Waals surface area contributed by atoms with Crippen LogP contribution < -0.4 is 43.0 Å². The number of alkyl carbamates (subject to hydrolysis) is 1. The van der Waals surface area contributed by atoms with Crippen LogP contribution in [0.5, 0.6) is 0 Å². The summed E-state index contributed by atoms with van der Waals surface area (Å²) in [7, 11) is 0. The fraction of sp³-hybridized carbons (Fsp3) is 0.429. The highest BCUT2D eigenvalue weighted by Gasteiger charge is 2.39. The summed E-state index contributed by atoms with van der Waals surface area (Å²) < 4.78 is 37.0. The predicted molar refractivity (Wildman–Crippen MR) is 291 cm³/mol. The Balaban J connectivity index is 1.65. The molecule has 0 aliphatic rings. The molecular formula is C56H72F2N10O13. The molecule has 23 nitrogen and oxygen atoms in total. The summed E-state index contributed by atoms with van der Waals surface area (Å²) in [5.41, 5.74) is 6.73. The summed E-state index contributed by atoms with van der Waals surface area (Å²) in [6.45, 7) is 7.52. The summed E-state index contributed by atoms with van der Waals surface area (Å²) in [5, 5.41) is 36.5. The van der Waals surface area contributed by atoms with Gasteiger partial charge in [-0.2, -0.15) is 0 Å². The minimum absolute atomic E-state index is 0.0742. The lowest BCUT2D eigenvalue weighted by molar-refractivity contribution is -0.140. The summed E-state index contributed by atoms with van der Waals surface area (Å²) in [6, 6.07) is 15.5. The molecule has 0 spiro atoms. The zero-order valence-electron chi connectivity index (χ0n) is 46.0. The van der Waals surface area contributed by atoms with Crippen molar-refractivity contribution in [3.05, 3.63) is 120 Å². The van der Waals surface area contributed by atoms with Gasteiger partial charge in [0, 0.05) is 55.6 Å². The van der Waals surface area contributed by atoms with Gasteiger partial charge in [-0.25, -0.2) is 13.6 Å². The van der Waals surface area contributed by atoms with Crippen molar-refractivity contribution < 1.29 is 71.7 Å². The number of aromatic nitrogens is 1. The number of hydrogen-bond acceptors (Lipinski definition) is 12. The van der Waals surface area contributed by atoms with Gasteiger partial charge in [-0.15, -0.1) is 0 Å². The van der Waals surface area contributed by atoms with Gasteiger partial charge >= 0.3 is 12.1 Å². The predicted octanol–water partition coefficient (Wildman–Crippen LogP) is 2.29. The number of amides is 9. The maximum Gasteiger partial charge on any atom is 0.408 e. The third-order valence-electron chi connectivity index (χ3n) is 12.5. The number of aliphatic carboxylic acids is 1. The molecule has 25 heteroatoms. The van der Waals surface area contributed by atoms with Crippen molar-refractivity contribution >= 4 is 59.3 Å². The lowest BCUT2D eigenvalue weighted by Crippen LogP contribution is -2.60. The fourth-order valence-electron chi connectivity index (χ4n) is 8.46. The Morgan fingerprint density at radius 2 is 1.35 bits per heavy atom. The van der Waals surface area contributed by atoms with Crippen LogP contribution in [0.25, 0.3) is 11.1 Å². The Kier molecular flexibility index (Phi) is 24.9. The van der Waals surface area contributed by atoms with E-state index < -0.39 is 151 Å². The summed E-state index contributed by atoms with van der Waals surface area (Å²) >= 11 is 0. The smallest absolute Gasteiger partial charge is 0.408 e. The van der Waals surface area contributed by atoms with Gasteiger partial charge in [0.2, 0.25) is 47.3 Å². The first-order chi connectivity index (χ1) is 38.3. The second-order valence-electron chi connectivity index (χ2n) is 20.5. The molecule has 0 saturated heterocycles. The Morgan fingerprint density at radius 3 is 1.95 bits per heavy atom. The third kappa shape index (κ3) is 21.1. The number of aliphatic hydroxyl groups excluding tert-OH is 1. The molecule has 1 aromatic heterocycles. The highest BCUT2D eigenvalue weighted by molar-refractivity contribution is 5.97. The number of ether oxygens (including phenoxy) is 1. The van der Waals surface area contributed by atoms with Gasteiger partial charge in [-0.1, -0.05) is 95.3 Å². The molecule has 0 aliphatic heterocycles. The van der Waals surface area contributed by atoms with Gasteiger partial charge < -0.3 is 67.4 Å². The van der Waals surface area contributed by atoms with Crippen molar-refractivity contribution in [2.75, 3.05) is 32.8 Å². The maximum absolute atomic E-state index is 15.4. The number of nitrogens with two attached hydrogens (primary N) is 1. The van der Waals surface area contributed by atoms with Gasteiger partial charge in [0.15, 0.2) is 0 Å². The van der Waals surface area contributed by atoms with E-state index in [1.165, 1.54) is 11.8 Å². The molecule has 0 unspecified atom stereocenters. The van der Waals surface area contributed by atoms with Crippen molar-refractivity contribution in [3.63, 3.8) is 0 Å². The van der Waals surface area contributed by atoms with E-state index in [1.807, 2.05) is 30.3 Å². The van der Waals surface area contributed by atoms with E-state index in [2.05, 4.69) is 37.2 Å². The monoisotopic (exact) mass is 1130 g/mol. The lowest BCUT2D eigenvalue weighted by atomic mass is 9.82. The number of carboxylic acid groups (broad SMARTS) is 1. The van der Waals surface area contributed by atoms with Gasteiger partial charge in [-0.3, -0.25) is 43.2 Å². The van der Waals surface area contributed by atoms with E-state index >= 15 is 4.39 Å². The van der Waals surface area contributed by atoms with E-state index in [-0.39, 0.29) is 43.8 Å². The molecule has 0 saturated carbocycles. The van der Waals surface area contributed by atoms with Crippen LogP contribution in [0.2, 0.25) is 0 Å². The van der Waals surface area contributed by atoms with Crippen LogP contribution in [0.1, 0.15) is 90.1 Å². The second-order valence-corrected chi connectivity index (χ2v) is 20.5. The summed E-state index contributed by atoms with van der Waals surface area (Å²) in [5.74, 6) is -10.4. The van der Waals surface area contributed by atoms with Gasteiger partial charge in [0.25, 0.3) is 0 Å². The molecule has 0 fully saturated rings. The van der Waals surface area contributed by atoms with Crippen molar-refractivity contribution in [1.82, 2.24) is 46.7 Å². The summed E-state index contributed by atoms with van der Waals surface area (Å²) in [4.78, 5) is 132. The molecular weight excluding hydrogens is 1060 g/mol. The number of halogens is 2. The van der Waals surface area contributed by atoms with Crippen molar-refractivity contribution in [2.45, 2.75) is 111 Å². The highest BCUT2D eigenvalue weighted by atomic mass is 19.1. The minimum Gasteiger partial charge on any atom is -0.481 e. The first kappa shape index (κ1) is 64.8. The number of rotatable bonds is 30. The highest BCUT2D eigenvalue weighted by Crippen LogP contribution is 2.41. The van der Waals surface area contributed by atoms with Crippen LogP contribution in [-0.2, 0) is 61.0 Å². The fourth-order valence-corrected chi connectivity index (χ4v) is 8.46. The van der Waals surface area contributed by atoms with Gasteiger partial charge in [-0.05, 0) is 60.1 Å². The number of carboxylic acids is 1. The zero-order valence-corrected chi connectivity index (χ0v) is 46.0. The Hall–Kier alpha value is -8.74. The molecule has 9 amide bonds. The van der Waals surface area contributed by atoms with Crippen LogP contribution in [0.15, 0.2) is 91.1 Å². The molecule has 4 rings (SSSR count). The Morgan fingerprint density at radius 1 is 0.716 bits per heavy atom. The topological polar surface area (TPSA) is 339 Å². The number of carbonyl (C=O) groups excluding carboxylic acids is 9. The zero-order chi connectivity index (χ0) is 60.0. The Labute approximate surface area is 467 Å². The first-order valence-electron chi connectivity index (χ1n) is 26.1. The molecule has 4 aromatic rings. The molecule has 3 aromatic carbocycles. The molecule has 438 valence electrons. The lowest BCUT2D eigenvalue weighted by Gasteiger charge is -2.41. The number of nitrogens with zero attached hydrogens (tertiary/aromatic N) is 2. The van der Waals surface area contributed by atoms with Crippen LogP contribution in [0, 0.1) is 23.0 Å². The number of hydrogen-bond donors (Lipinski definition) is 10. The number of primary amides is 1. The van der Waals surface area contributed by atoms with E-state index in [1.54, 1.807) is 81.8 Å². The normalized spacial score (nSPS) is 13.0. The maximum atomic E-state index is 15.4. The molecule has 1 heterocycles. The van der Waals surface area contributed by atoms with Crippen LogP contribution >= 0.6 is 0 Å². The Bertz CT molecular complexity index is 2850. The van der Waals surface area contributed by atoms with Crippen molar-refractivity contribution in [2.24, 2.45) is 17.1 Å². The van der Waals surface area contributed by atoms with Gasteiger partial charge in [0.05, 0.1) is 25.4 Å². The largest absolute Gasteiger partial charge is 0.481 e. The van der Waals surface area contributed by atoms with Crippen molar-refractivity contribution in [3.8, 4) is 11.1 Å². The number of benzene rings is 3. The standard InChI is InChI=1S/C56H72F2N10O13/c1-33(2)49(66-51(76)34(3)63-55(80)81-32-36-15-11-8-12-16-36)54(79)65-42(27-44(59)70)53(78)64-41(52(77)61-23-22-60-46(72)28-62-45(71)19-20-48(74)75)21-24-68(47(73)31-69)50(56(4,5)6)43-25-37(39-26-38(57)17-18-40(39)58)30-67(43)29-35-13-9-7-10-14-35/h7-18,25-26,30,33-34,41-42,49-50,69H,19-24,27-29,31-32H2,1-6H3,(H2,59,70)(H,60,72)(H,61,77)(H,62,71)(H,63,80)(H,64,78)(H,65,79)(H,66,76)(H,74,75)/t34-,41-,42-,49-,50-/m0/s1. The van der Waals surface area contributed by atoms with E-state index in [0.29, 0.717) is 11.3 Å². The molecule has 0 radical (unpaired) electrons. The minimum atomic E-state index is -1.78. The summed E-state index contributed by atoms with van der Waals surface area (Å²) in [6.07, 6.45) is -1.38. The second kappa shape index (κ2) is 31.2. The number of nitrogens with one attached hydrogen (secondary N) is 7. The van der Waals surface area contributed by atoms with Crippen LogP contribution in [0.4, 0.5) is 13.6 Å². The number of carbonyl (C=O) groups is 10. The molecule has 5 atom stereocenters. The van der Waals surface area contributed by atoms with E-state index in [0.717, 1.165) is 23.8 Å². The van der Waals surface area contributed by atoms with Crippen molar-refractivity contribution in [1.29, 1.82) is 0 Å². The third-order valence-corrected chi connectivity index (χ3v) is 12.5. The van der Waals surface area contributed by atoms with Crippen LogP contribution in [-0.4, -0.2) is 136 Å².